The summed E-state index contributed by atoms with van der Waals surface area (Å²) in [5.74, 6) is 0.320. The number of rotatable bonds is 1. The number of hydrogen-bond acceptors (Lipinski definition) is 3. The van der Waals surface area contributed by atoms with Crippen molar-refractivity contribution in [2.75, 3.05) is 26.2 Å². The second-order valence-electron chi connectivity index (χ2n) is 5.45. The zero-order chi connectivity index (χ0) is 15.0. The number of aryl methyl sites for hydroxylation is 1. The lowest BCUT2D eigenvalue weighted by Gasteiger charge is -2.33. The van der Waals surface area contributed by atoms with Crippen LogP contribution in [0, 0.1) is 6.92 Å². The Morgan fingerprint density at radius 2 is 1.71 bits per heavy atom. The second kappa shape index (κ2) is 5.24. The number of carbonyl (C=O) groups excluding carboxylic acids is 2. The average molecular weight is 286 g/mol. The quantitative estimate of drug-likeness (QED) is 0.806. The van der Waals surface area contributed by atoms with Gasteiger partial charge in [-0.3, -0.25) is 9.59 Å². The van der Waals surface area contributed by atoms with Crippen molar-refractivity contribution in [1.29, 1.82) is 0 Å². The molecular formula is C16H18N2O3. The van der Waals surface area contributed by atoms with Crippen molar-refractivity contribution in [1.82, 2.24) is 9.80 Å². The molecule has 5 heteroatoms. The number of amides is 2. The van der Waals surface area contributed by atoms with E-state index in [4.69, 9.17) is 4.42 Å². The fraction of sp³-hybridized carbons (Fsp3) is 0.375. The Hall–Kier alpha value is -2.30. The van der Waals surface area contributed by atoms with Crippen molar-refractivity contribution in [2.45, 2.75) is 13.8 Å². The molecule has 1 aromatic carbocycles. The zero-order valence-electron chi connectivity index (χ0n) is 12.3. The summed E-state index contributed by atoms with van der Waals surface area (Å²) in [6, 6.07) is 7.67. The van der Waals surface area contributed by atoms with Gasteiger partial charge >= 0.3 is 0 Å². The van der Waals surface area contributed by atoms with Gasteiger partial charge in [0.25, 0.3) is 5.91 Å². The first-order valence-corrected chi connectivity index (χ1v) is 7.09. The summed E-state index contributed by atoms with van der Waals surface area (Å²) in [5, 5.41) is 0.936. The summed E-state index contributed by atoms with van der Waals surface area (Å²) in [4.78, 5) is 27.3. The van der Waals surface area contributed by atoms with Gasteiger partial charge < -0.3 is 14.2 Å². The van der Waals surface area contributed by atoms with Gasteiger partial charge in [0.15, 0.2) is 5.76 Å². The predicted octanol–water partition coefficient (Wildman–Crippen LogP) is 2.05. The van der Waals surface area contributed by atoms with Crippen molar-refractivity contribution in [3.8, 4) is 0 Å². The molecule has 2 heterocycles. The molecule has 0 saturated carbocycles. The monoisotopic (exact) mass is 286 g/mol. The third kappa shape index (κ3) is 2.63. The second-order valence-corrected chi connectivity index (χ2v) is 5.45. The van der Waals surface area contributed by atoms with E-state index in [9.17, 15) is 9.59 Å². The lowest BCUT2D eigenvalue weighted by atomic mass is 10.2. The van der Waals surface area contributed by atoms with Crippen molar-refractivity contribution in [3.63, 3.8) is 0 Å². The van der Waals surface area contributed by atoms with Crippen LogP contribution in [0.4, 0.5) is 0 Å². The van der Waals surface area contributed by atoms with Crippen LogP contribution in [-0.4, -0.2) is 47.8 Å². The van der Waals surface area contributed by atoms with Gasteiger partial charge in [0, 0.05) is 38.5 Å². The number of fused-ring (bicyclic) bond motifs is 1. The van der Waals surface area contributed by atoms with E-state index in [1.165, 1.54) is 0 Å². The fourth-order valence-electron chi connectivity index (χ4n) is 2.62. The number of nitrogens with zero attached hydrogens (tertiary/aromatic N) is 2. The van der Waals surface area contributed by atoms with E-state index in [0.717, 1.165) is 16.5 Å². The zero-order valence-corrected chi connectivity index (χ0v) is 12.3. The third-order valence-corrected chi connectivity index (χ3v) is 3.90. The molecule has 1 aromatic heterocycles. The Labute approximate surface area is 123 Å². The molecule has 3 rings (SSSR count). The van der Waals surface area contributed by atoms with E-state index in [1.54, 1.807) is 22.8 Å². The van der Waals surface area contributed by atoms with Crippen molar-refractivity contribution in [2.24, 2.45) is 0 Å². The molecule has 0 spiro atoms. The summed E-state index contributed by atoms with van der Waals surface area (Å²) in [6.45, 7) is 5.81. The van der Waals surface area contributed by atoms with E-state index in [-0.39, 0.29) is 11.8 Å². The van der Waals surface area contributed by atoms with Gasteiger partial charge in [-0.1, -0.05) is 12.1 Å². The van der Waals surface area contributed by atoms with Crippen LogP contribution in [0.5, 0.6) is 0 Å². The molecule has 5 nitrogen and oxygen atoms in total. The Balaban J connectivity index is 1.76. The molecule has 2 aromatic rings. The van der Waals surface area contributed by atoms with Crippen LogP contribution >= 0.6 is 0 Å². The van der Waals surface area contributed by atoms with Gasteiger partial charge in [0.1, 0.15) is 5.58 Å². The van der Waals surface area contributed by atoms with Gasteiger partial charge in [-0.2, -0.15) is 0 Å². The lowest BCUT2D eigenvalue weighted by molar-refractivity contribution is -0.130. The van der Waals surface area contributed by atoms with Crippen LogP contribution < -0.4 is 0 Å². The smallest absolute Gasteiger partial charge is 0.289 e. The van der Waals surface area contributed by atoms with Gasteiger partial charge in [-0.25, -0.2) is 0 Å². The first-order valence-electron chi connectivity index (χ1n) is 7.09. The Morgan fingerprint density at radius 1 is 1.05 bits per heavy atom. The van der Waals surface area contributed by atoms with Crippen LogP contribution in [0.15, 0.2) is 28.7 Å². The molecule has 0 unspecified atom stereocenters. The summed E-state index contributed by atoms with van der Waals surface area (Å²) in [7, 11) is 0. The molecule has 0 aliphatic carbocycles. The van der Waals surface area contributed by atoms with Crippen LogP contribution in [0.3, 0.4) is 0 Å². The SMILES string of the molecule is CC(=O)N1CCN(C(=O)c2cc3ccc(C)cc3o2)CC1. The molecule has 0 atom stereocenters. The van der Waals surface area contributed by atoms with Crippen molar-refractivity contribution < 1.29 is 14.0 Å². The standard InChI is InChI=1S/C16H18N2O3/c1-11-3-4-13-10-15(21-14(13)9-11)16(20)18-7-5-17(6-8-18)12(2)19/h3-4,9-10H,5-8H2,1-2H3. The molecular weight excluding hydrogens is 268 g/mol. The minimum absolute atomic E-state index is 0.0568. The first-order chi connectivity index (χ1) is 10.0. The van der Waals surface area contributed by atoms with Gasteiger partial charge in [-0.05, 0) is 24.6 Å². The molecule has 0 radical (unpaired) electrons. The van der Waals surface area contributed by atoms with Gasteiger partial charge in [0.2, 0.25) is 5.91 Å². The minimum Gasteiger partial charge on any atom is -0.451 e. The lowest BCUT2D eigenvalue weighted by Crippen LogP contribution is -2.50. The van der Waals surface area contributed by atoms with E-state index in [0.29, 0.717) is 31.9 Å². The molecule has 1 aliphatic heterocycles. The Kier molecular flexibility index (Phi) is 3.41. The highest BCUT2D eigenvalue weighted by molar-refractivity contribution is 5.96. The van der Waals surface area contributed by atoms with Gasteiger partial charge in [0.05, 0.1) is 0 Å². The average Bonchev–Trinajstić information content (AvgIpc) is 2.89. The number of hydrogen-bond donors (Lipinski definition) is 0. The van der Waals surface area contributed by atoms with Gasteiger partial charge in [-0.15, -0.1) is 0 Å². The number of benzene rings is 1. The minimum atomic E-state index is -0.105. The van der Waals surface area contributed by atoms with Crippen molar-refractivity contribution in [3.05, 3.63) is 35.6 Å². The maximum absolute atomic E-state index is 12.5. The summed E-state index contributed by atoms with van der Waals surface area (Å²) in [5.41, 5.74) is 1.84. The molecule has 0 bridgehead atoms. The van der Waals surface area contributed by atoms with E-state index in [2.05, 4.69) is 0 Å². The maximum Gasteiger partial charge on any atom is 0.289 e. The summed E-state index contributed by atoms with van der Waals surface area (Å²) < 4.78 is 5.67. The highest BCUT2D eigenvalue weighted by atomic mass is 16.3. The molecule has 1 fully saturated rings. The molecule has 110 valence electrons. The number of piperazine rings is 1. The van der Waals surface area contributed by atoms with E-state index >= 15 is 0 Å². The fourth-order valence-corrected chi connectivity index (χ4v) is 2.62. The Bertz CT molecular complexity index is 697. The number of carbonyl (C=O) groups is 2. The normalized spacial score (nSPS) is 15.5. The molecule has 21 heavy (non-hydrogen) atoms. The predicted molar refractivity (Wildman–Crippen MR) is 79.1 cm³/mol. The van der Waals surface area contributed by atoms with E-state index < -0.39 is 0 Å². The molecule has 0 N–H and O–H groups in total. The van der Waals surface area contributed by atoms with Crippen LogP contribution in [0.1, 0.15) is 23.0 Å². The first kappa shape index (κ1) is 13.7. The molecule has 1 saturated heterocycles. The topological polar surface area (TPSA) is 53.8 Å². The van der Waals surface area contributed by atoms with E-state index in [1.807, 2.05) is 25.1 Å². The highest BCUT2D eigenvalue weighted by Gasteiger charge is 2.25. The number of furan rings is 1. The maximum atomic E-state index is 12.5. The van der Waals surface area contributed by atoms with Crippen LogP contribution in [-0.2, 0) is 4.79 Å². The summed E-state index contributed by atoms with van der Waals surface area (Å²) >= 11 is 0. The highest BCUT2D eigenvalue weighted by Crippen LogP contribution is 2.22. The van der Waals surface area contributed by atoms with Crippen LogP contribution in [0.2, 0.25) is 0 Å². The van der Waals surface area contributed by atoms with Crippen molar-refractivity contribution >= 4 is 22.8 Å². The Morgan fingerprint density at radius 3 is 2.38 bits per heavy atom. The largest absolute Gasteiger partial charge is 0.451 e. The molecule has 1 aliphatic rings. The van der Waals surface area contributed by atoms with Crippen LogP contribution in [0.25, 0.3) is 11.0 Å². The summed E-state index contributed by atoms with van der Waals surface area (Å²) in [6.07, 6.45) is 0. The molecule has 2 amide bonds. The third-order valence-electron chi connectivity index (χ3n) is 3.90.